The summed E-state index contributed by atoms with van der Waals surface area (Å²) < 4.78 is 0. The number of hydrogen-bond acceptors (Lipinski definition) is 1. The van der Waals surface area contributed by atoms with Crippen molar-refractivity contribution < 1.29 is 4.79 Å². The van der Waals surface area contributed by atoms with Crippen molar-refractivity contribution in [2.45, 2.75) is 18.3 Å². The van der Waals surface area contributed by atoms with Gasteiger partial charge in [-0.3, -0.25) is 4.79 Å². The smallest absolute Gasteiger partial charge is 0.193 e. The molecular weight excluding hydrogens is 256 g/mol. The largest absolute Gasteiger partial charge is 0.289 e. The van der Waals surface area contributed by atoms with Crippen LogP contribution in [-0.4, -0.2) is 5.78 Å². The van der Waals surface area contributed by atoms with Gasteiger partial charge in [-0.1, -0.05) is 48.5 Å². The van der Waals surface area contributed by atoms with Gasteiger partial charge in [0, 0.05) is 29.4 Å². The molecule has 0 atom stereocenters. The Bertz CT molecular complexity index is 732. The van der Waals surface area contributed by atoms with Gasteiger partial charge in [-0.2, -0.15) is 0 Å². The van der Waals surface area contributed by atoms with E-state index in [-0.39, 0.29) is 5.78 Å². The minimum Gasteiger partial charge on any atom is -0.289 e. The molecule has 2 aromatic carbocycles. The highest BCUT2D eigenvalue weighted by molar-refractivity contribution is 6.13. The van der Waals surface area contributed by atoms with E-state index >= 15 is 0 Å². The van der Waals surface area contributed by atoms with Gasteiger partial charge in [0.25, 0.3) is 0 Å². The molecule has 1 heteroatoms. The summed E-state index contributed by atoms with van der Waals surface area (Å²) in [6, 6.07) is 15.3. The number of carbonyl (C=O) groups is 1. The lowest BCUT2D eigenvalue weighted by Gasteiger charge is -2.38. The fraction of sp³-hybridized carbons (Fsp3) is 0.150. The van der Waals surface area contributed by atoms with Crippen molar-refractivity contribution in [1.82, 2.24) is 0 Å². The Kier molecular flexibility index (Phi) is 3.13. The van der Waals surface area contributed by atoms with E-state index in [9.17, 15) is 4.79 Å². The summed E-state index contributed by atoms with van der Waals surface area (Å²) in [5, 5.41) is 0. The summed E-state index contributed by atoms with van der Waals surface area (Å²) in [6.07, 6.45) is 12.2. The van der Waals surface area contributed by atoms with E-state index in [1.54, 1.807) is 0 Å². The highest BCUT2D eigenvalue weighted by Crippen LogP contribution is 2.45. The molecule has 0 spiro atoms. The summed E-state index contributed by atoms with van der Waals surface area (Å²) in [5.41, 5.74) is 2.85. The van der Waals surface area contributed by atoms with Crippen molar-refractivity contribution in [2.24, 2.45) is 0 Å². The Morgan fingerprint density at radius 1 is 0.810 bits per heavy atom. The standard InChI is InChI=1S/C20H14O/c1-3-13-20(14-4-2)17-11-7-5-9-15(17)19(21)16-10-6-8-12-18(16)20/h1-2,5-12H,13-14H2. The Morgan fingerprint density at radius 2 is 1.24 bits per heavy atom. The average Bonchev–Trinajstić information content (AvgIpc) is 2.53. The van der Waals surface area contributed by atoms with E-state index in [2.05, 4.69) is 11.8 Å². The highest BCUT2D eigenvalue weighted by atomic mass is 16.1. The Morgan fingerprint density at radius 3 is 1.67 bits per heavy atom. The molecule has 0 fully saturated rings. The van der Waals surface area contributed by atoms with Crippen LogP contribution in [-0.2, 0) is 5.41 Å². The zero-order chi connectivity index (χ0) is 14.9. The van der Waals surface area contributed by atoms with E-state index < -0.39 is 5.41 Å². The van der Waals surface area contributed by atoms with E-state index in [1.807, 2.05) is 48.5 Å². The Hall–Kier alpha value is -2.77. The van der Waals surface area contributed by atoms with Crippen LogP contribution < -0.4 is 0 Å². The first-order valence-electron chi connectivity index (χ1n) is 6.85. The van der Waals surface area contributed by atoms with Crippen molar-refractivity contribution in [1.29, 1.82) is 0 Å². The lowest BCUT2D eigenvalue weighted by Crippen LogP contribution is -2.35. The molecule has 100 valence electrons. The van der Waals surface area contributed by atoms with Crippen LogP contribution in [0.1, 0.15) is 39.9 Å². The molecule has 2 aromatic rings. The maximum Gasteiger partial charge on any atom is 0.193 e. The van der Waals surface area contributed by atoms with Gasteiger partial charge in [-0.25, -0.2) is 0 Å². The summed E-state index contributed by atoms with van der Waals surface area (Å²) in [7, 11) is 0. The van der Waals surface area contributed by atoms with Crippen LogP contribution in [0.3, 0.4) is 0 Å². The third kappa shape index (κ3) is 1.79. The third-order valence-corrected chi connectivity index (χ3v) is 4.18. The van der Waals surface area contributed by atoms with E-state index in [4.69, 9.17) is 12.8 Å². The minimum absolute atomic E-state index is 0.0471. The average molecular weight is 270 g/mol. The molecule has 1 nitrogen and oxygen atoms in total. The Balaban J connectivity index is 2.40. The molecule has 0 aromatic heterocycles. The van der Waals surface area contributed by atoms with Crippen LogP contribution in [0.15, 0.2) is 48.5 Å². The molecule has 0 N–H and O–H groups in total. The molecule has 0 radical (unpaired) electrons. The van der Waals surface area contributed by atoms with Crippen molar-refractivity contribution >= 4 is 5.78 Å². The zero-order valence-electron chi connectivity index (χ0n) is 11.6. The molecule has 0 amide bonds. The second-order valence-electron chi connectivity index (χ2n) is 5.26. The molecule has 0 heterocycles. The van der Waals surface area contributed by atoms with Gasteiger partial charge in [0.2, 0.25) is 0 Å². The van der Waals surface area contributed by atoms with Gasteiger partial charge >= 0.3 is 0 Å². The van der Waals surface area contributed by atoms with E-state index in [0.717, 1.165) is 11.1 Å². The van der Waals surface area contributed by atoms with Crippen molar-refractivity contribution in [3.05, 3.63) is 70.8 Å². The maximum absolute atomic E-state index is 12.7. The zero-order valence-corrected chi connectivity index (χ0v) is 11.6. The molecule has 1 aliphatic rings. The first-order valence-corrected chi connectivity index (χ1v) is 6.85. The second kappa shape index (κ2) is 4.97. The number of benzene rings is 2. The predicted molar refractivity (Wildman–Crippen MR) is 84.0 cm³/mol. The first kappa shape index (κ1) is 13.2. The molecule has 0 unspecified atom stereocenters. The molecule has 0 saturated heterocycles. The molecule has 21 heavy (non-hydrogen) atoms. The topological polar surface area (TPSA) is 17.1 Å². The SMILES string of the molecule is C#CCC1(CC#C)c2ccccc2C(=O)c2ccccc21. The van der Waals surface area contributed by atoms with Gasteiger partial charge in [0.05, 0.1) is 0 Å². The number of carbonyl (C=O) groups excluding carboxylic acids is 1. The van der Waals surface area contributed by atoms with Crippen LogP contribution >= 0.6 is 0 Å². The van der Waals surface area contributed by atoms with Crippen LogP contribution in [0, 0.1) is 24.7 Å². The molecule has 3 rings (SSSR count). The third-order valence-electron chi connectivity index (χ3n) is 4.18. The number of hydrogen-bond donors (Lipinski definition) is 0. The van der Waals surface area contributed by atoms with Crippen LogP contribution in [0.2, 0.25) is 0 Å². The van der Waals surface area contributed by atoms with Gasteiger partial charge in [0.1, 0.15) is 0 Å². The number of terminal acetylenes is 2. The second-order valence-corrected chi connectivity index (χ2v) is 5.26. The quantitative estimate of drug-likeness (QED) is 0.763. The fourth-order valence-electron chi connectivity index (χ4n) is 3.28. The normalized spacial score (nSPS) is 14.5. The lowest BCUT2D eigenvalue weighted by atomic mass is 9.63. The molecule has 0 bridgehead atoms. The number of ketones is 1. The predicted octanol–water partition coefficient (Wildman–Crippen LogP) is 3.56. The van der Waals surface area contributed by atoms with Crippen LogP contribution in [0.25, 0.3) is 0 Å². The minimum atomic E-state index is -0.468. The van der Waals surface area contributed by atoms with E-state index in [0.29, 0.717) is 24.0 Å². The Labute approximate surface area is 125 Å². The van der Waals surface area contributed by atoms with Gasteiger partial charge in [-0.05, 0) is 11.1 Å². The molecule has 0 saturated carbocycles. The highest BCUT2D eigenvalue weighted by Gasteiger charge is 2.42. The van der Waals surface area contributed by atoms with Gasteiger partial charge in [-0.15, -0.1) is 24.7 Å². The fourth-order valence-corrected chi connectivity index (χ4v) is 3.28. The van der Waals surface area contributed by atoms with Crippen molar-refractivity contribution in [3.8, 4) is 24.7 Å². The van der Waals surface area contributed by atoms with Crippen LogP contribution in [0.5, 0.6) is 0 Å². The summed E-state index contributed by atoms with van der Waals surface area (Å²) in [4.78, 5) is 12.7. The summed E-state index contributed by atoms with van der Waals surface area (Å²) in [5.74, 6) is 5.55. The number of rotatable bonds is 2. The molecule has 0 aliphatic heterocycles. The van der Waals surface area contributed by atoms with E-state index in [1.165, 1.54) is 0 Å². The first-order chi connectivity index (χ1) is 10.2. The van der Waals surface area contributed by atoms with Gasteiger partial charge in [0.15, 0.2) is 5.78 Å². The monoisotopic (exact) mass is 270 g/mol. The van der Waals surface area contributed by atoms with Gasteiger partial charge < -0.3 is 0 Å². The summed E-state index contributed by atoms with van der Waals surface area (Å²) >= 11 is 0. The van der Waals surface area contributed by atoms with Crippen LogP contribution in [0.4, 0.5) is 0 Å². The lowest BCUT2D eigenvalue weighted by molar-refractivity contribution is 0.103. The number of fused-ring (bicyclic) bond motifs is 2. The summed E-state index contributed by atoms with van der Waals surface area (Å²) in [6.45, 7) is 0. The molecule has 1 aliphatic carbocycles. The van der Waals surface area contributed by atoms with Crippen molar-refractivity contribution in [2.75, 3.05) is 0 Å². The molecular formula is C20H14O. The maximum atomic E-state index is 12.7. The van der Waals surface area contributed by atoms with Crippen molar-refractivity contribution in [3.63, 3.8) is 0 Å².